The van der Waals surface area contributed by atoms with Gasteiger partial charge in [-0.25, -0.2) is 0 Å². The van der Waals surface area contributed by atoms with Crippen LogP contribution in [-0.2, 0) is 0 Å². The van der Waals surface area contributed by atoms with Crippen molar-refractivity contribution in [2.24, 2.45) is 5.92 Å². The Bertz CT molecular complexity index is 204. The van der Waals surface area contributed by atoms with Crippen LogP contribution in [0.5, 0.6) is 0 Å². The molecule has 3 heteroatoms. The lowest BCUT2D eigenvalue weighted by Gasteiger charge is -2.31. The molecule has 3 N–H and O–H groups in total. The summed E-state index contributed by atoms with van der Waals surface area (Å²) in [6.45, 7) is 4.15. The van der Waals surface area contributed by atoms with Gasteiger partial charge in [-0.15, -0.1) is 0 Å². The monoisotopic (exact) mass is 243 g/mol. The van der Waals surface area contributed by atoms with Gasteiger partial charge in [-0.2, -0.15) is 0 Å². The lowest BCUT2D eigenvalue weighted by Crippen LogP contribution is -2.53. The van der Waals surface area contributed by atoms with Crippen molar-refractivity contribution in [1.82, 2.24) is 5.32 Å². The fraction of sp³-hybridized carbons (Fsp3) is 1.00. The Morgan fingerprint density at radius 2 is 1.82 bits per heavy atom. The summed E-state index contributed by atoms with van der Waals surface area (Å²) in [6, 6.07) is 0.459. The third kappa shape index (κ3) is 4.94. The van der Waals surface area contributed by atoms with Crippen molar-refractivity contribution < 1.29 is 10.2 Å². The first kappa shape index (κ1) is 14.9. The molecule has 0 amide bonds. The molecule has 2 unspecified atom stereocenters. The van der Waals surface area contributed by atoms with E-state index in [0.717, 1.165) is 5.92 Å². The molecule has 1 aliphatic rings. The molecule has 0 aromatic rings. The number of aliphatic hydroxyl groups excluding tert-OH is 2. The summed E-state index contributed by atoms with van der Waals surface area (Å²) >= 11 is 0. The van der Waals surface area contributed by atoms with Gasteiger partial charge in [0, 0.05) is 6.04 Å². The van der Waals surface area contributed by atoms with Crippen LogP contribution < -0.4 is 5.32 Å². The van der Waals surface area contributed by atoms with Gasteiger partial charge in [-0.05, 0) is 32.1 Å². The minimum Gasteiger partial charge on any atom is -0.394 e. The minimum atomic E-state index is -0.519. The molecule has 0 aromatic heterocycles. The fourth-order valence-electron chi connectivity index (χ4n) is 2.85. The molecule has 1 saturated carbocycles. The summed E-state index contributed by atoms with van der Waals surface area (Å²) in [4.78, 5) is 0. The Labute approximate surface area is 106 Å². The Balaban J connectivity index is 2.40. The lowest BCUT2D eigenvalue weighted by molar-refractivity contribution is 0.0915. The van der Waals surface area contributed by atoms with Crippen LogP contribution in [-0.4, -0.2) is 35.0 Å². The van der Waals surface area contributed by atoms with Crippen LogP contribution in [0.25, 0.3) is 0 Å². The molecule has 2 atom stereocenters. The predicted molar refractivity (Wildman–Crippen MR) is 71.0 cm³/mol. The van der Waals surface area contributed by atoms with E-state index in [0.29, 0.717) is 6.04 Å². The number of hydrogen-bond acceptors (Lipinski definition) is 3. The average molecular weight is 243 g/mol. The van der Waals surface area contributed by atoms with Crippen LogP contribution in [0.2, 0.25) is 0 Å². The molecule has 0 aromatic carbocycles. The van der Waals surface area contributed by atoms with Gasteiger partial charge in [0.25, 0.3) is 0 Å². The van der Waals surface area contributed by atoms with Crippen LogP contribution in [0.15, 0.2) is 0 Å². The highest BCUT2D eigenvalue weighted by molar-refractivity contribution is 4.87. The highest BCUT2D eigenvalue weighted by Crippen LogP contribution is 2.27. The molecule has 3 nitrogen and oxygen atoms in total. The number of nitrogens with one attached hydrogen (secondary N) is 1. The summed E-state index contributed by atoms with van der Waals surface area (Å²) < 4.78 is 0. The quantitative estimate of drug-likeness (QED) is 0.626. The Hall–Kier alpha value is -0.120. The summed E-state index contributed by atoms with van der Waals surface area (Å²) in [5.74, 6) is 0.890. The van der Waals surface area contributed by atoms with Gasteiger partial charge in [0.2, 0.25) is 0 Å². The van der Waals surface area contributed by atoms with Gasteiger partial charge >= 0.3 is 0 Å². The molecule has 0 saturated heterocycles. The molecule has 1 fully saturated rings. The maximum Gasteiger partial charge on any atom is 0.0633 e. The zero-order valence-corrected chi connectivity index (χ0v) is 11.4. The second-order valence-electron chi connectivity index (χ2n) is 5.88. The van der Waals surface area contributed by atoms with Crippen molar-refractivity contribution in [3.8, 4) is 0 Å². The normalized spacial score (nSPS) is 26.8. The van der Waals surface area contributed by atoms with Gasteiger partial charge in [0.1, 0.15) is 0 Å². The second kappa shape index (κ2) is 7.34. The molecule has 0 radical (unpaired) electrons. The average Bonchev–Trinajstić information content (AvgIpc) is 2.55. The molecule has 1 rings (SSSR count). The molecule has 1 aliphatic carbocycles. The molecule has 0 spiro atoms. The Morgan fingerprint density at radius 1 is 1.12 bits per heavy atom. The number of aliphatic hydroxyl groups is 2. The Morgan fingerprint density at radius 3 is 2.41 bits per heavy atom. The van der Waals surface area contributed by atoms with E-state index in [4.69, 9.17) is 0 Å². The standard InChI is InChI=1S/C14H29NO2/c1-3-5-12-6-4-7-13(9-8-12)15-14(2,10-16)11-17/h12-13,15-17H,3-11H2,1-2H3. The molecule has 17 heavy (non-hydrogen) atoms. The van der Waals surface area contributed by atoms with Gasteiger partial charge in [-0.1, -0.05) is 32.6 Å². The Kier molecular flexibility index (Phi) is 6.45. The van der Waals surface area contributed by atoms with E-state index in [9.17, 15) is 10.2 Å². The van der Waals surface area contributed by atoms with Crippen LogP contribution in [0.1, 0.15) is 58.8 Å². The maximum atomic E-state index is 9.30. The predicted octanol–water partition coefficient (Wildman–Crippen LogP) is 2.07. The van der Waals surface area contributed by atoms with Gasteiger partial charge in [0.15, 0.2) is 0 Å². The molecule has 102 valence electrons. The van der Waals surface area contributed by atoms with E-state index >= 15 is 0 Å². The molecule has 0 bridgehead atoms. The summed E-state index contributed by atoms with van der Waals surface area (Å²) in [7, 11) is 0. The molecule has 0 aliphatic heterocycles. The van der Waals surface area contributed by atoms with E-state index in [1.165, 1.54) is 44.9 Å². The van der Waals surface area contributed by atoms with Crippen LogP contribution in [0.4, 0.5) is 0 Å². The van der Waals surface area contributed by atoms with Gasteiger partial charge in [-0.3, -0.25) is 0 Å². The van der Waals surface area contributed by atoms with Crippen molar-refractivity contribution in [1.29, 1.82) is 0 Å². The third-order valence-electron chi connectivity index (χ3n) is 4.04. The van der Waals surface area contributed by atoms with Crippen molar-refractivity contribution in [2.45, 2.75) is 70.4 Å². The van der Waals surface area contributed by atoms with E-state index < -0.39 is 5.54 Å². The first-order chi connectivity index (χ1) is 8.13. The van der Waals surface area contributed by atoms with Crippen LogP contribution in [0.3, 0.4) is 0 Å². The number of hydrogen-bond donors (Lipinski definition) is 3. The molecule has 0 heterocycles. The number of rotatable bonds is 6. The molecular weight excluding hydrogens is 214 g/mol. The smallest absolute Gasteiger partial charge is 0.0633 e. The second-order valence-corrected chi connectivity index (χ2v) is 5.88. The maximum absolute atomic E-state index is 9.30. The first-order valence-electron chi connectivity index (χ1n) is 7.13. The summed E-state index contributed by atoms with van der Waals surface area (Å²) in [6.07, 6.45) is 8.91. The lowest BCUT2D eigenvalue weighted by atomic mass is 9.95. The SMILES string of the molecule is CCCC1CCCC(NC(C)(CO)CO)CC1. The fourth-order valence-corrected chi connectivity index (χ4v) is 2.85. The zero-order chi connectivity index (χ0) is 12.7. The van der Waals surface area contributed by atoms with E-state index in [2.05, 4.69) is 12.2 Å². The van der Waals surface area contributed by atoms with E-state index in [1.54, 1.807) is 0 Å². The first-order valence-corrected chi connectivity index (χ1v) is 7.13. The van der Waals surface area contributed by atoms with Crippen molar-refractivity contribution in [3.05, 3.63) is 0 Å². The topological polar surface area (TPSA) is 52.5 Å². The summed E-state index contributed by atoms with van der Waals surface area (Å²) in [5.41, 5.74) is -0.519. The highest BCUT2D eigenvalue weighted by atomic mass is 16.3. The minimum absolute atomic E-state index is 0.00160. The zero-order valence-electron chi connectivity index (χ0n) is 11.4. The summed E-state index contributed by atoms with van der Waals surface area (Å²) in [5, 5.41) is 22.0. The molecular formula is C14H29NO2. The highest BCUT2D eigenvalue weighted by Gasteiger charge is 2.27. The van der Waals surface area contributed by atoms with Crippen molar-refractivity contribution >= 4 is 0 Å². The van der Waals surface area contributed by atoms with Crippen LogP contribution >= 0.6 is 0 Å². The van der Waals surface area contributed by atoms with E-state index in [1.807, 2.05) is 6.92 Å². The third-order valence-corrected chi connectivity index (χ3v) is 4.04. The van der Waals surface area contributed by atoms with Crippen molar-refractivity contribution in [2.75, 3.05) is 13.2 Å². The van der Waals surface area contributed by atoms with Gasteiger partial charge < -0.3 is 15.5 Å². The van der Waals surface area contributed by atoms with Gasteiger partial charge in [0.05, 0.1) is 18.8 Å². The largest absolute Gasteiger partial charge is 0.394 e. The van der Waals surface area contributed by atoms with Crippen molar-refractivity contribution in [3.63, 3.8) is 0 Å². The van der Waals surface area contributed by atoms with Crippen LogP contribution in [0, 0.1) is 5.92 Å². The van der Waals surface area contributed by atoms with E-state index in [-0.39, 0.29) is 13.2 Å².